The molecule has 2 aromatic carbocycles. The number of rotatable bonds is 5. The van der Waals surface area contributed by atoms with Crippen molar-refractivity contribution in [1.29, 1.82) is 0 Å². The minimum atomic E-state index is -0.636. The number of esters is 1. The van der Waals surface area contributed by atoms with E-state index >= 15 is 0 Å². The predicted octanol–water partition coefficient (Wildman–Crippen LogP) is 4.56. The average Bonchev–Trinajstić information content (AvgIpc) is 3.13. The molecule has 1 amide bonds. The fourth-order valence-electron chi connectivity index (χ4n) is 2.96. The normalized spacial score (nSPS) is 10.6. The molecular weight excluding hydrogens is 422 g/mol. The quantitative estimate of drug-likeness (QED) is 0.568. The van der Waals surface area contributed by atoms with Crippen LogP contribution in [0.25, 0.3) is 11.3 Å². The first-order valence-corrected chi connectivity index (χ1v) is 9.49. The van der Waals surface area contributed by atoms with Crippen LogP contribution in [0.1, 0.15) is 27.2 Å². The summed E-state index contributed by atoms with van der Waals surface area (Å²) in [6.07, 6.45) is 0. The van der Waals surface area contributed by atoms with Crippen LogP contribution in [0.5, 0.6) is 0 Å². The molecule has 7 heteroatoms. The first kappa shape index (κ1) is 19.8. The molecule has 6 nitrogen and oxygen atoms in total. The highest BCUT2D eigenvalue weighted by Crippen LogP contribution is 2.22. The molecule has 0 saturated heterocycles. The number of nitrogens with zero attached hydrogens (tertiary/aromatic N) is 1. The summed E-state index contributed by atoms with van der Waals surface area (Å²) in [4.78, 5) is 24.4. The number of aromatic nitrogens is 2. The maximum absolute atomic E-state index is 12.2. The second-order valence-corrected chi connectivity index (χ2v) is 7.49. The van der Waals surface area contributed by atoms with Gasteiger partial charge in [-0.1, -0.05) is 45.8 Å². The van der Waals surface area contributed by atoms with Gasteiger partial charge in [-0.15, -0.1) is 0 Å². The third-order valence-electron chi connectivity index (χ3n) is 4.21. The summed E-state index contributed by atoms with van der Waals surface area (Å²) >= 11 is 3.38. The molecular formula is C21H20BrN3O3. The minimum absolute atomic E-state index is 0.188. The van der Waals surface area contributed by atoms with Gasteiger partial charge in [0, 0.05) is 15.7 Å². The Balaban J connectivity index is 1.60. The van der Waals surface area contributed by atoms with Crippen molar-refractivity contribution in [3.8, 4) is 11.3 Å². The van der Waals surface area contributed by atoms with Gasteiger partial charge >= 0.3 is 5.97 Å². The van der Waals surface area contributed by atoms with E-state index in [2.05, 4.69) is 31.4 Å². The van der Waals surface area contributed by atoms with Gasteiger partial charge in [0.1, 0.15) is 5.69 Å². The number of halogens is 1. The number of anilines is 1. The molecule has 0 aliphatic heterocycles. The fourth-order valence-corrected chi connectivity index (χ4v) is 3.22. The number of carbonyl (C=O) groups is 2. The van der Waals surface area contributed by atoms with E-state index in [1.165, 1.54) is 0 Å². The number of benzene rings is 2. The zero-order valence-electron chi connectivity index (χ0n) is 15.8. The predicted molar refractivity (Wildman–Crippen MR) is 111 cm³/mol. The van der Waals surface area contributed by atoms with Crippen LogP contribution in [-0.4, -0.2) is 28.7 Å². The number of nitrogens with one attached hydrogen (secondary N) is 2. The molecule has 0 spiro atoms. The Labute approximate surface area is 171 Å². The van der Waals surface area contributed by atoms with Gasteiger partial charge in [-0.3, -0.25) is 9.89 Å². The summed E-state index contributed by atoms with van der Waals surface area (Å²) in [5.74, 6) is -1.03. The number of aryl methyl sites for hydroxylation is 3. The highest BCUT2D eigenvalue weighted by atomic mass is 79.9. The summed E-state index contributed by atoms with van der Waals surface area (Å²) in [7, 11) is 0. The average molecular weight is 442 g/mol. The number of hydrogen-bond acceptors (Lipinski definition) is 4. The van der Waals surface area contributed by atoms with E-state index in [9.17, 15) is 9.59 Å². The van der Waals surface area contributed by atoms with Crippen molar-refractivity contribution in [3.05, 3.63) is 69.3 Å². The molecule has 1 heterocycles. The zero-order valence-corrected chi connectivity index (χ0v) is 17.4. The van der Waals surface area contributed by atoms with Crippen molar-refractivity contribution in [2.75, 3.05) is 11.9 Å². The van der Waals surface area contributed by atoms with Crippen molar-refractivity contribution >= 4 is 33.5 Å². The number of carbonyl (C=O) groups excluding carboxylic acids is 2. The SMILES string of the molecule is Cc1cc(C)c(NC(=O)COC(=O)c2cc(-c3ccc(Br)cc3)n[nH]2)c(C)c1. The first-order valence-electron chi connectivity index (χ1n) is 8.69. The van der Waals surface area contributed by atoms with Crippen molar-refractivity contribution in [3.63, 3.8) is 0 Å². The molecule has 0 bridgehead atoms. The second kappa shape index (κ2) is 8.39. The van der Waals surface area contributed by atoms with Gasteiger partial charge in [0.15, 0.2) is 6.61 Å². The molecule has 0 saturated carbocycles. The lowest BCUT2D eigenvalue weighted by atomic mass is 10.1. The van der Waals surface area contributed by atoms with E-state index in [1.807, 2.05) is 57.2 Å². The Hall–Kier alpha value is -2.93. The fraction of sp³-hybridized carbons (Fsp3) is 0.190. The van der Waals surface area contributed by atoms with Crippen molar-refractivity contribution < 1.29 is 14.3 Å². The maximum atomic E-state index is 12.2. The van der Waals surface area contributed by atoms with E-state index in [0.29, 0.717) is 5.69 Å². The van der Waals surface area contributed by atoms with Crippen LogP contribution in [0.4, 0.5) is 5.69 Å². The van der Waals surface area contributed by atoms with Gasteiger partial charge in [-0.25, -0.2) is 4.79 Å². The molecule has 3 aromatic rings. The summed E-state index contributed by atoms with van der Waals surface area (Å²) < 4.78 is 6.06. The summed E-state index contributed by atoms with van der Waals surface area (Å²) in [5, 5.41) is 9.57. The molecule has 0 atom stereocenters. The van der Waals surface area contributed by atoms with Crippen LogP contribution in [0.2, 0.25) is 0 Å². The van der Waals surface area contributed by atoms with Gasteiger partial charge in [0.2, 0.25) is 0 Å². The minimum Gasteiger partial charge on any atom is -0.451 e. The summed E-state index contributed by atoms with van der Waals surface area (Å²) in [6.45, 7) is 5.48. The Bertz CT molecular complexity index is 1000. The van der Waals surface area contributed by atoms with Crippen LogP contribution in [0.15, 0.2) is 46.9 Å². The topological polar surface area (TPSA) is 84.1 Å². The van der Waals surface area contributed by atoms with Crippen molar-refractivity contribution in [1.82, 2.24) is 10.2 Å². The maximum Gasteiger partial charge on any atom is 0.356 e. The summed E-state index contributed by atoms with van der Waals surface area (Å²) in [5.41, 5.74) is 5.46. The number of hydrogen-bond donors (Lipinski definition) is 2. The standard InChI is InChI=1S/C21H20BrN3O3/c1-12-8-13(2)20(14(3)9-12)23-19(26)11-28-21(27)18-10-17(24-25-18)15-4-6-16(22)7-5-15/h4-10H,11H2,1-3H3,(H,23,26)(H,24,25). The Morgan fingerprint density at radius 3 is 2.36 bits per heavy atom. The van der Waals surface area contributed by atoms with Crippen molar-refractivity contribution in [2.45, 2.75) is 20.8 Å². The number of amides is 1. The lowest BCUT2D eigenvalue weighted by Crippen LogP contribution is -2.22. The molecule has 0 radical (unpaired) electrons. The highest BCUT2D eigenvalue weighted by molar-refractivity contribution is 9.10. The van der Waals surface area contributed by atoms with Crippen LogP contribution in [-0.2, 0) is 9.53 Å². The molecule has 144 valence electrons. The third kappa shape index (κ3) is 4.67. The van der Waals surface area contributed by atoms with Gasteiger partial charge in [0.05, 0.1) is 5.69 Å². The van der Waals surface area contributed by atoms with E-state index in [4.69, 9.17) is 4.74 Å². The molecule has 3 rings (SSSR count). The lowest BCUT2D eigenvalue weighted by Gasteiger charge is -2.12. The molecule has 0 unspecified atom stereocenters. The first-order chi connectivity index (χ1) is 13.3. The molecule has 0 fully saturated rings. The number of H-pyrrole nitrogens is 1. The van der Waals surface area contributed by atoms with Crippen LogP contribution < -0.4 is 5.32 Å². The van der Waals surface area contributed by atoms with Crippen LogP contribution >= 0.6 is 15.9 Å². The number of aromatic amines is 1. The van der Waals surface area contributed by atoms with Gasteiger partial charge in [0.25, 0.3) is 5.91 Å². The van der Waals surface area contributed by atoms with E-state index in [-0.39, 0.29) is 12.3 Å². The van der Waals surface area contributed by atoms with Gasteiger partial charge in [-0.05, 0) is 50.1 Å². The zero-order chi connectivity index (χ0) is 20.3. The lowest BCUT2D eigenvalue weighted by molar-refractivity contribution is -0.119. The Kier molecular flexibility index (Phi) is 5.94. The Morgan fingerprint density at radius 1 is 1.07 bits per heavy atom. The highest BCUT2D eigenvalue weighted by Gasteiger charge is 2.15. The van der Waals surface area contributed by atoms with E-state index in [1.54, 1.807) is 6.07 Å². The molecule has 2 N–H and O–H groups in total. The molecule has 0 aliphatic rings. The van der Waals surface area contributed by atoms with E-state index in [0.717, 1.165) is 32.4 Å². The molecule has 28 heavy (non-hydrogen) atoms. The van der Waals surface area contributed by atoms with E-state index < -0.39 is 11.9 Å². The summed E-state index contributed by atoms with van der Waals surface area (Å²) in [6, 6.07) is 13.1. The monoisotopic (exact) mass is 441 g/mol. The van der Waals surface area contributed by atoms with Gasteiger partial charge < -0.3 is 10.1 Å². The van der Waals surface area contributed by atoms with Crippen LogP contribution in [0, 0.1) is 20.8 Å². The Morgan fingerprint density at radius 2 is 1.71 bits per heavy atom. The third-order valence-corrected chi connectivity index (χ3v) is 4.74. The largest absolute Gasteiger partial charge is 0.451 e. The smallest absolute Gasteiger partial charge is 0.356 e. The molecule has 0 aliphatic carbocycles. The second-order valence-electron chi connectivity index (χ2n) is 6.57. The van der Waals surface area contributed by atoms with Gasteiger partial charge in [-0.2, -0.15) is 5.10 Å². The van der Waals surface area contributed by atoms with Crippen LogP contribution in [0.3, 0.4) is 0 Å². The number of ether oxygens (including phenoxy) is 1. The van der Waals surface area contributed by atoms with Crippen molar-refractivity contribution in [2.24, 2.45) is 0 Å². The molecule has 1 aromatic heterocycles.